The van der Waals surface area contributed by atoms with Crippen LogP contribution >= 0.6 is 11.3 Å². The fraction of sp³-hybridized carbons (Fsp3) is 0.185. The third kappa shape index (κ3) is 5.00. The monoisotopic (exact) mass is 457 g/mol. The molecule has 0 fully saturated rings. The van der Waals surface area contributed by atoms with Gasteiger partial charge in [0.1, 0.15) is 5.75 Å². The number of pyridine rings is 1. The first-order valence-corrected chi connectivity index (χ1v) is 11.4. The third-order valence-electron chi connectivity index (χ3n) is 5.25. The molecule has 5 nitrogen and oxygen atoms in total. The first-order valence-electron chi connectivity index (χ1n) is 10.6. The summed E-state index contributed by atoms with van der Waals surface area (Å²) in [4.78, 5) is 25.0. The van der Waals surface area contributed by atoms with Gasteiger partial charge in [0.05, 0.1) is 29.0 Å². The van der Waals surface area contributed by atoms with E-state index in [1.54, 1.807) is 28.8 Å². The number of carboxylic acids is 1. The van der Waals surface area contributed by atoms with Gasteiger partial charge in [-0.3, -0.25) is 4.79 Å². The molecule has 4 rings (SSSR count). The molecule has 2 heterocycles. The summed E-state index contributed by atoms with van der Waals surface area (Å²) in [5.41, 5.74) is 3.06. The molecule has 4 aromatic rings. The summed E-state index contributed by atoms with van der Waals surface area (Å²) >= 11 is 1.52. The van der Waals surface area contributed by atoms with Crippen molar-refractivity contribution in [3.05, 3.63) is 98.3 Å². The molecule has 0 saturated heterocycles. The van der Waals surface area contributed by atoms with E-state index >= 15 is 0 Å². The Bertz CT molecular complexity index is 1440. The van der Waals surface area contributed by atoms with Crippen molar-refractivity contribution in [2.75, 3.05) is 6.61 Å². The number of hydrogen-bond donors (Lipinski definition) is 1. The van der Waals surface area contributed by atoms with Gasteiger partial charge in [0.25, 0.3) is 5.56 Å². The van der Waals surface area contributed by atoms with Crippen LogP contribution in [0.25, 0.3) is 10.1 Å². The zero-order chi connectivity index (χ0) is 23.4. The van der Waals surface area contributed by atoms with Crippen LogP contribution in [0.15, 0.2) is 65.6 Å². The minimum absolute atomic E-state index is 0.0797. The van der Waals surface area contributed by atoms with E-state index in [0.717, 1.165) is 32.0 Å². The van der Waals surface area contributed by atoms with E-state index in [1.165, 1.54) is 11.3 Å². The van der Waals surface area contributed by atoms with Crippen LogP contribution in [-0.2, 0) is 13.0 Å². The standard InChI is InChI=1S/C27H23NO4S/c1-3-32-24-10-5-4-7-20(24)8-6-9-22-15-23-25(33-22)18(2)16-28(26(23)29)17-19-11-13-21(14-12-19)27(30)31/h4-5,7,10-16H,3,8,17H2,1-2H3,(H,30,31). The molecule has 0 bridgehead atoms. The highest BCUT2D eigenvalue weighted by Gasteiger charge is 2.11. The van der Waals surface area contributed by atoms with E-state index in [2.05, 4.69) is 11.8 Å². The number of carbonyl (C=O) groups is 1. The predicted octanol–water partition coefficient (Wildman–Crippen LogP) is 5.11. The van der Waals surface area contributed by atoms with Gasteiger partial charge in [-0.05, 0) is 49.2 Å². The minimum Gasteiger partial charge on any atom is -0.494 e. The molecular formula is C27H23NO4S. The number of nitrogens with zero attached hydrogens (tertiary/aromatic N) is 1. The summed E-state index contributed by atoms with van der Waals surface area (Å²) in [5, 5.41) is 9.71. The van der Waals surface area contributed by atoms with Gasteiger partial charge < -0.3 is 14.4 Å². The predicted molar refractivity (Wildman–Crippen MR) is 132 cm³/mol. The van der Waals surface area contributed by atoms with Crippen LogP contribution in [0.5, 0.6) is 5.75 Å². The Kier molecular flexibility index (Phi) is 6.62. The number of ether oxygens (including phenoxy) is 1. The molecule has 2 aromatic carbocycles. The average Bonchev–Trinajstić information content (AvgIpc) is 3.24. The third-order valence-corrected chi connectivity index (χ3v) is 6.43. The van der Waals surface area contributed by atoms with Crippen LogP contribution in [0, 0.1) is 18.8 Å². The van der Waals surface area contributed by atoms with E-state index in [9.17, 15) is 9.59 Å². The Morgan fingerprint density at radius 1 is 1.15 bits per heavy atom. The lowest BCUT2D eigenvalue weighted by molar-refractivity contribution is 0.0697. The van der Waals surface area contributed by atoms with Crippen LogP contribution in [0.2, 0.25) is 0 Å². The van der Waals surface area contributed by atoms with Crippen molar-refractivity contribution in [2.45, 2.75) is 26.8 Å². The Hall–Kier alpha value is -3.82. The normalized spacial score (nSPS) is 10.6. The first kappa shape index (κ1) is 22.4. The van der Waals surface area contributed by atoms with E-state index in [4.69, 9.17) is 9.84 Å². The molecule has 0 aliphatic heterocycles. The van der Waals surface area contributed by atoms with Crippen molar-refractivity contribution in [2.24, 2.45) is 0 Å². The van der Waals surface area contributed by atoms with Crippen molar-refractivity contribution >= 4 is 27.4 Å². The molecule has 0 amide bonds. The lowest BCUT2D eigenvalue weighted by atomic mass is 10.1. The number of thiophene rings is 1. The van der Waals surface area contributed by atoms with Crippen molar-refractivity contribution in [3.63, 3.8) is 0 Å². The van der Waals surface area contributed by atoms with Gasteiger partial charge >= 0.3 is 5.97 Å². The molecule has 0 aliphatic rings. The van der Waals surface area contributed by atoms with E-state index in [-0.39, 0.29) is 11.1 Å². The van der Waals surface area contributed by atoms with Gasteiger partial charge in [-0.2, -0.15) is 0 Å². The van der Waals surface area contributed by atoms with Gasteiger partial charge in [0.2, 0.25) is 0 Å². The topological polar surface area (TPSA) is 68.5 Å². The summed E-state index contributed by atoms with van der Waals surface area (Å²) in [5.74, 6) is 6.29. The molecule has 0 atom stereocenters. The van der Waals surface area contributed by atoms with Gasteiger partial charge in [-0.15, -0.1) is 11.3 Å². The summed E-state index contributed by atoms with van der Waals surface area (Å²) in [7, 11) is 0. The number of carboxylic acid groups (broad SMARTS) is 1. The quantitative estimate of drug-likeness (QED) is 0.409. The summed E-state index contributed by atoms with van der Waals surface area (Å²) < 4.78 is 8.26. The van der Waals surface area contributed by atoms with E-state index in [0.29, 0.717) is 25.0 Å². The van der Waals surface area contributed by atoms with Crippen molar-refractivity contribution in [1.29, 1.82) is 0 Å². The summed E-state index contributed by atoms with van der Waals surface area (Å²) in [6, 6.07) is 16.3. The highest BCUT2D eigenvalue weighted by Crippen LogP contribution is 2.26. The zero-order valence-corrected chi connectivity index (χ0v) is 19.2. The molecule has 166 valence electrons. The number of para-hydroxylation sites is 1. The second-order valence-corrected chi connectivity index (χ2v) is 8.67. The maximum absolute atomic E-state index is 13.1. The Labute approximate surface area is 195 Å². The molecule has 0 radical (unpaired) electrons. The number of fused-ring (bicyclic) bond motifs is 1. The highest BCUT2D eigenvalue weighted by molar-refractivity contribution is 7.19. The average molecular weight is 458 g/mol. The maximum atomic E-state index is 13.1. The molecule has 1 N–H and O–H groups in total. The Morgan fingerprint density at radius 3 is 2.64 bits per heavy atom. The van der Waals surface area contributed by atoms with Gasteiger partial charge in [-0.1, -0.05) is 42.2 Å². The van der Waals surface area contributed by atoms with Gasteiger partial charge in [0, 0.05) is 22.9 Å². The molecule has 0 unspecified atom stereocenters. The van der Waals surface area contributed by atoms with Crippen LogP contribution < -0.4 is 10.3 Å². The largest absolute Gasteiger partial charge is 0.494 e. The molecule has 0 spiro atoms. The van der Waals surface area contributed by atoms with Crippen molar-refractivity contribution < 1.29 is 14.6 Å². The second-order valence-electron chi connectivity index (χ2n) is 7.62. The van der Waals surface area contributed by atoms with Crippen molar-refractivity contribution in [1.82, 2.24) is 4.57 Å². The van der Waals surface area contributed by atoms with Crippen LogP contribution in [0.4, 0.5) is 0 Å². The molecule has 33 heavy (non-hydrogen) atoms. The number of benzene rings is 2. The van der Waals surface area contributed by atoms with Crippen LogP contribution in [0.1, 0.15) is 38.8 Å². The van der Waals surface area contributed by atoms with Crippen molar-refractivity contribution in [3.8, 4) is 17.6 Å². The zero-order valence-electron chi connectivity index (χ0n) is 18.4. The number of rotatable bonds is 6. The fourth-order valence-electron chi connectivity index (χ4n) is 3.65. The summed E-state index contributed by atoms with van der Waals surface area (Å²) in [6.07, 6.45) is 2.42. The SMILES string of the molecule is CCOc1ccccc1CC#Cc1cc2c(=O)n(Cc3ccc(C(=O)O)cc3)cc(C)c2s1. The number of aromatic carboxylic acids is 1. The molecule has 0 saturated carbocycles. The lowest BCUT2D eigenvalue weighted by Crippen LogP contribution is -2.20. The smallest absolute Gasteiger partial charge is 0.335 e. The summed E-state index contributed by atoms with van der Waals surface area (Å²) in [6.45, 7) is 4.92. The van der Waals surface area contributed by atoms with Gasteiger partial charge in [-0.25, -0.2) is 4.79 Å². The maximum Gasteiger partial charge on any atom is 0.335 e. The number of aryl methyl sites for hydroxylation is 1. The molecular weight excluding hydrogens is 434 g/mol. The van der Waals surface area contributed by atoms with Gasteiger partial charge in [0.15, 0.2) is 0 Å². The number of hydrogen-bond acceptors (Lipinski definition) is 4. The molecule has 0 aliphatic carbocycles. The molecule has 2 aromatic heterocycles. The first-order chi connectivity index (χ1) is 16.0. The fourth-order valence-corrected chi connectivity index (χ4v) is 4.64. The van der Waals surface area contributed by atoms with Crippen LogP contribution in [0.3, 0.4) is 0 Å². The van der Waals surface area contributed by atoms with E-state index < -0.39 is 5.97 Å². The Balaban J connectivity index is 1.59. The minimum atomic E-state index is -0.968. The second kappa shape index (κ2) is 9.76. The molecule has 6 heteroatoms. The Morgan fingerprint density at radius 2 is 1.91 bits per heavy atom. The van der Waals surface area contributed by atoms with Crippen LogP contribution in [-0.4, -0.2) is 22.2 Å². The lowest BCUT2D eigenvalue weighted by Gasteiger charge is -2.08. The highest BCUT2D eigenvalue weighted by atomic mass is 32.1. The number of aromatic nitrogens is 1. The van der Waals surface area contributed by atoms with E-state index in [1.807, 2.05) is 50.4 Å².